The predicted octanol–water partition coefficient (Wildman–Crippen LogP) is 2.94. The number of carbonyl (C=O) groups is 1. The summed E-state index contributed by atoms with van der Waals surface area (Å²) in [4.78, 5) is 11.9. The molecule has 1 aromatic heterocycles. The molecule has 82 valence electrons. The summed E-state index contributed by atoms with van der Waals surface area (Å²) in [6.07, 6.45) is 1.57. The number of halogens is 1. The molecule has 1 saturated heterocycles. The summed E-state index contributed by atoms with van der Waals surface area (Å²) in [5.41, 5.74) is 1.02. The second-order valence-corrected chi connectivity index (χ2v) is 5.52. The molecular weight excluding hydrogens is 232 g/mol. The van der Waals surface area contributed by atoms with Gasteiger partial charge in [0.25, 0.3) is 0 Å². The average molecular weight is 245 g/mol. The van der Waals surface area contributed by atoms with E-state index in [-0.39, 0.29) is 17.8 Å². The Hall–Kier alpha value is -0.380. The fourth-order valence-corrected chi connectivity index (χ4v) is 2.73. The Morgan fingerprint density at radius 1 is 1.73 bits per heavy atom. The average Bonchev–Trinajstić information content (AvgIpc) is 2.75. The zero-order valence-corrected chi connectivity index (χ0v) is 10.1. The first-order valence-corrected chi connectivity index (χ1v) is 6.28. The number of ketones is 1. The van der Waals surface area contributed by atoms with Crippen LogP contribution in [0.5, 0.6) is 0 Å². The Labute approximate surface area is 98.2 Å². The van der Waals surface area contributed by atoms with Crippen LogP contribution < -0.4 is 0 Å². The monoisotopic (exact) mass is 244 g/mol. The van der Waals surface area contributed by atoms with Crippen LogP contribution in [-0.2, 0) is 16.0 Å². The summed E-state index contributed by atoms with van der Waals surface area (Å²) in [6.45, 7) is 2.59. The fraction of sp³-hybridized carbons (Fsp3) is 0.545. The third-order valence-electron chi connectivity index (χ3n) is 2.65. The summed E-state index contributed by atoms with van der Waals surface area (Å²) in [5.74, 6) is 0.354. The summed E-state index contributed by atoms with van der Waals surface area (Å²) < 4.78 is 6.13. The lowest BCUT2D eigenvalue weighted by atomic mass is 9.97. The lowest BCUT2D eigenvalue weighted by Gasteiger charge is -2.04. The Kier molecular flexibility index (Phi) is 3.44. The molecule has 2 atom stereocenters. The van der Waals surface area contributed by atoms with Crippen molar-refractivity contribution in [1.29, 1.82) is 0 Å². The highest BCUT2D eigenvalue weighted by Crippen LogP contribution is 2.24. The minimum atomic E-state index is 0.0821. The number of hydrogen-bond donors (Lipinski definition) is 0. The summed E-state index contributed by atoms with van der Waals surface area (Å²) >= 11 is 7.28. The van der Waals surface area contributed by atoms with Gasteiger partial charge in [0.1, 0.15) is 5.78 Å². The predicted molar refractivity (Wildman–Crippen MR) is 61.6 cm³/mol. The highest BCUT2D eigenvalue weighted by Gasteiger charge is 2.27. The minimum Gasteiger partial charge on any atom is -0.378 e. The fourth-order valence-electron chi connectivity index (χ4n) is 1.83. The van der Waals surface area contributed by atoms with Crippen LogP contribution in [0, 0.1) is 5.92 Å². The lowest BCUT2D eigenvalue weighted by molar-refractivity contribution is -0.122. The number of ether oxygens (including phenoxy) is 1. The zero-order chi connectivity index (χ0) is 10.8. The van der Waals surface area contributed by atoms with E-state index in [1.807, 2.05) is 18.4 Å². The van der Waals surface area contributed by atoms with Gasteiger partial charge >= 0.3 is 0 Å². The lowest BCUT2D eigenvalue weighted by Crippen LogP contribution is -2.16. The van der Waals surface area contributed by atoms with Gasteiger partial charge in [-0.05, 0) is 30.4 Å². The van der Waals surface area contributed by atoms with Crippen LogP contribution in [0.1, 0.15) is 18.9 Å². The highest BCUT2D eigenvalue weighted by molar-refractivity contribution is 7.14. The number of carbonyl (C=O) groups excluding carboxylic acids is 1. The molecule has 2 unspecified atom stereocenters. The molecule has 1 fully saturated rings. The molecule has 0 N–H and O–H groups in total. The van der Waals surface area contributed by atoms with Gasteiger partial charge in [-0.1, -0.05) is 11.6 Å². The van der Waals surface area contributed by atoms with Crippen molar-refractivity contribution < 1.29 is 9.53 Å². The summed E-state index contributed by atoms with van der Waals surface area (Å²) in [5, 5.41) is 1.94. The van der Waals surface area contributed by atoms with Gasteiger partial charge in [-0.25, -0.2) is 0 Å². The quantitative estimate of drug-likeness (QED) is 0.817. The number of rotatable bonds is 3. The van der Waals surface area contributed by atoms with Crippen molar-refractivity contribution >= 4 is 28.7 Å². The summed E-state index contributed by atoms with van der Waals surface area (Å²) in [7, 11) is 0. The molecule has 1 aromatic rings. The van der Waals surface area contributed by atoms with Crippen LogP contribution in [0.15, 0.2) is 11.4 Å². The van der Waals surface area contributed by atoms with Crippen LogP contribution in [-0.4, -0.2) is 18.5 Å². The van der Waals surface area contributed by atoms with E-state index in [9.17, 15) is 4.79 Å². The van der Waals surface area contributed by atoms with E-state index in [1.165, 1.54) is 11.3 Å². The molecule has 0 bridgehead atoms. The van der Waals surface area contributed by atoms with E-state index >= 15 is 0 Å². The second kappa shape index (κ2) is 4.64. The number of hydrogen-bond acceptors (Lipinski definition) is 3. The Morgan fingerprint density at radius 3 is 3.07 bits per heavy atom. The standard InChI is InChI=1S/C11H13ClO2S/c1-7-2-9(5-14-7)10(13)3-8-4-11(12)15-6-8/h4,6-7,9H,2-3,5H2,1H3. The van der Waals surface area contributed by atoms with Crippen molar-refractivity contribution in [2.24, 2.45) is 5.92 Å². The first-order valence-electron chi connectivity index (χ1n) is 5.02. The molecule has 1 aliphatic rings. The van der Waals surface area contributed by atoms with E-state index in [4.69, 9.17) is 16.3 Å². The van der Waals surface area contributed by atoms with E-state index in [0.29, 0.717) is 13.0 Å². The third kappa shape index (κ3) is 2.80. The highest BCUT2D eigenvalue weighted by atomic mass is 35.5. The van der Waals surface area contributed by atoms with Crippen molar-refractivity contribution in [3.63, 3.8) is 0 Å². The van der Waals surface area contributed by atoms with E-state index in [2.05, 4.69) is 0 Å². The molecular formula is C11H13ClO2S. The molecule has 0 amide bonds. The van der Waals surface area contributed by atoms with Gasteiger partial charge in [0.15, 0.2) is 0 Å². The third-order valence-corrected chi connectivity index (χ3v) is 3.79. The molecule has 0 aliphatic carbocycles. The topological polar surface area (TPSA) is 26.3 Å². The van der Waals surface area contributed by atoms with Gasteiger partial charge in [0.05, 0.1) is 17.0 Å². The Morgan fingerprint density at radius 2 is 2.53 bits per heavy atom. The van der Waals surface area contributed by atoms with Gasteiger partial charge in [-0.15, -0.1) is 11.3 Å². The number of thiophene rings is 1. The van der Waals surface area contributed by atoms with E-state index in [0.717, 1.165) is 16.3 Å². The van der Waals surface area contributed by atoms with Crippen molar-refractivity contribution in [3.05, 3.63) is 21.3 Å². The molecule has 2 nitrogen and oxygen atoms in total. The van der Waals surface area contributed by atoms with Gasteiger partial charge in [0, 0.05) is 12.3 Å². The van der Waals surface area contributed by atoms with Crippen LogP contribution in [0.4, 0.5) is 0 Å². The van der Waals surface area contributed by atoms with Crippen molar-refractivity contribution in [3.8, 4) is 0 Å². The van der Waals surface area contributed by atoms with Gasteiger partial charge in [-0.2, -0.15) is 0 Å². The molecule has 4 heteroatoms. The summed E-state index contributed by atoms with van der Waals surface area (Å²) in [6, 6.07) is 1.86. The first-order chi connectivity index (χ1) is 7.15. The Bertz CT molecular complexity index is 361. The molecule has 0 aromatic carbocycles. The second-order valence-electron chi connectivity index (χ2n) is 3.98. The maximum Gasteiger partial charge on any atom is 0.142 e. The molecule has 0 radical (unpaired) electrons. The van der Waals surface area contributed by atoms with Crippen LogP contribution in [0.25, 0.3) is 0 Å². The smallest absolute Gasteiger partial charge is 0.142 e. The van der Waals surface area contributed by atoms with Gasteiger partial charge in [-0.3, -0.25) is 4.79 Å². The van der Waals surface area contributed by atoms with Crippen LogP contribution in [0.3, 0.4) is 0 Å². The van der Waals surface area contributed by atoms with Crippen molar-refractivity contribution in [1.82, 2.24) is 0 Å². The molecule has 2 heterocycles. The van der Waals surface area contributed by atoms with Crippen molar-refractivity contribution in [2.45, 2.75) is 25.9 Å². The SMILES string of the molecule is CC1CC(C(=O)Cc2csc(Cl)c2)CO1. The number of Topliss-reactive ketones (excluding diaryl/α,β-unsaturated/α-hetero) is 1. The first kappa shape index (κ1) is 11.1. The van der Waals surface area contributed by atoms with Crippen LogP contribution in [0.2, 0.25) is 4.34 Å². The molecule has 2 rings (SSSR count). The van der Waals surface area contributed by atoms with E-state index in [1.54, 1.807) is 0 Å². The molecule has 0 saturated carbocycles. The maximum absolute atomic E-state index is 11.9. The molecule has 1 aliphatic heterocycles. The molecule has 15 heavy (non-hydrogen) atoms. The minimum absolute atomic E-state index is 0.0821. The van der Waals surface area contributed by atoms with Crippen molar-refractivity contribution in [2.75, 3.05) is 6.61 Å². The zero-order valence-electron chi connectivity index (χ0n) is 8.53. The van der Waals surface area contributed by atoms with Gasteiger partial charge in [0.2, 0.25) is 0 Å². The van der Waals surface area contributed by atoms with E-state index < -0.39 is 0 Å². The van der Waals surface area contributed by atoms with Gasteiger partial charge < -0.3 is 4.74 Å². The molecule has 0 spiro atoms. The van der Waals surface area contributed by atoms with Crippen LogP contribution >= 0.6 is 22.9 Å². The maximum atomic E-state index is 11.9. The Balaban J connectivity index is 1.92. The largest absolute Gasteiger partial charge is 0.378 e. The normalized spacial score (nSPS) is 25.7.